The van der Waals surface area contributed by atoms with Gasteiger partial charge in [0.2, 0.25) is 0 Å². The fourth-order valence-corrected chi connectivity index (χ4v) is 3.47. The Morgan fingerprint density at radius 2 is 1.97 bits per heavy atom. The number of primary amides is 1. The first-order valence-corrected chi connectivity index (χ1v) is 10.2. The van der Waals surface area contributed by atoms with E-state index in [9.17, 15) is 9.18 Å². The Morgan fingerprint density at radius 1 is 1.26 bits per heavy atom. The van der Waals surface area contributed by atoms with Crippen molar-refractivity contribution in [2.75, 3.05) is 10.6 Å². The second-order valence-corrected chi connectivity index (χ2v) is 8.25. The summed E-state index contributed by atoms with van der Waals surface area (Å²) in [5.74, 6) is -0.980. The lowest BCUT2D eigenvalue weighted by Crippen LogP contribution is -2.39. The van der Waals surface area contributed by atoms with Crippen LogP contribution >= 0.6 is 0 Å². The van der Waals surface area contributed by atoms with Crippen LogP contribution in [0.2, 0.25) is 0 Å². The van der Waals surface area contributed by atoms with Crippen LogP contribution in [0.5, 0.6) is 0 Å². The number of hydrogen-bond donors (Lipinski definition) is 4. The second kappa shape index (κ2) is 8.84. The average Bonchev–Trinajstić information content (AvgIpc) is 2.96. The second-order valence-electron chi connectivity index (χ2n) is 8.25. The predicted octanol–water partition coefficient (Wildman–Crippen LogP) is 2.83. The Bertz CT molecular complexity index is 1110. The van der Waals surface area contributed by atoms with E-state index in [1.54, 1.807) is 10.9 Å². The fourth-order valence-electron chi connectivity index (χ4n) is 3.47. The SMILES string of the molecule is Cc1nn(C)c2ncc(Nc3nc(N[C@H](CC(C)C)[C@H](C)N)c(F)cc3C(N)=O)cc12. The zero-order valence-electron chi connectivity index (χ0n) is 18.4. The highest BCUT2D eigenvalue weighted by molar-refractivity contribution is 5.98. The summed E-state index contributed by atoms with van der Waals surface area (Å²) in [5.41, 5.74) is 13.6. The molecule has 31 heavy (non-hydrogen) atoms. The molecule has 166 valence electrons. The van der Waals surface area contributed by atoms with E-state index in [1.807, 2.05) is 27.0 Å². The third-order valence-corrected chi connectivity index (χ3v) is 5.05. The first-order chi connectivity index (χ1) is 14.6. The molecule has 2 atom stereocenters. The van der Waals surface area contributed by atoms with E-state index < -0.39 is 11.7 Å². The lowest BCUT2D eigenvalue weighted by Gasteiger charge is -2.25. The van der Waals surface area contributed by atoms with Gasteiger partial charge in [-0.1, -0.05) is 13.8 Å². The maximum absolute atomic E-state index is 14.7. The van der Waals surface area contributed by atoms with Crippen molar-refractivity contribution in [3.05, 3.63) is 35.4 Å². The van der Waals surface area contributed by atoms with E-state index >= 15 is 0 Å². The Hall–Kier alpha value is -3.27. The van der Waals surface area contributed by atoms with Gasteiger partial charge in [0, 0.05) is 24.5 Å². The number of nitrogens with zero attached hydrogens (tertiary/aromatic N) is 4. The van der Waals surface area contributed by atoms with Gasteiger partial charge >= 0.3 is 0 Å². The third-order valence-electron chi connectivity index (χ3n) is 5.05. The van der Waals surface area contributed by atoms with Crippen molar-refractivity contribution in [2.45, 2.75) is 46.2 Å². The molecule has 10 heteroatoms. The summed E-state index contributed by atoms with van der Waals surface area (Å²) in [7, 11) is 1.81. The number of nitrogens with two attached hydrogens (primary N) is 2. The summed E-state index contributed by atoms with van der Waals surface area (Å²) in [5, 5.41) is 11.3. The number of halogens is 1. The molecule has 1 amide bonds. The Balaban J connectivity index is 1.99. The number of aryl methyl sites for hydroxylation is 2. The number of carbonyl (C=O) groups excluding carboxylic acids is 1. The van der Waals surface area contributed by atoms with Crippen molar-refractivity contribution in [3.8, 4) is 0 Å². The highest BCUT2D eigenvalue weighted by Gasteiger charge is 2.21. The van der Waals surface area contributed by atoms with Gasteiger partial charge in [0.05, 0.1) is 23.1 Å². The van der Waals surface area contributed by atoms with E-state index in [-0.39, 0.29) is 29.3 Å². The highest BCUT2D eigenvalue weighted by Crippen LogP contribution is 2.27. The molecular formula is C21H29FN8O. The van der Waals surface area contributed by atoms with Crippen LogP contribution in [-0.4, -0.2) is 37.7 Å². The average molecular weight is 429 g/mol. The Kier molecular flexibility index (Phi) is 6.40. The summed E-state index contributed by atoms with van der Waals surface area (Å²) < 4.78 is 16.4. The quantitative estimate of drug-likeness (QED) is 0.433. The number of hydrogen-bond acceptors (Lipinski definition) is 7. The molecule has 6 N–H and O–H groups in total. The maximum atomic E-state index is 14.7. The largest absolute Gasteiger partial charge is 0.365 e. The predicted molar refractivity (Wildman–Crippen MR) is 120 cm³/mol. The molecule has 0 saturated heterocycles. The number of anilines is 3. The van der Waals surface area contributed by atoms with E-state index in [1.165, 1.54) is 0 Å². The van der Waals surface area contributed by atoms with E-state index in [4.69, 9.17) is 11.5 Å². The number of rotatable bonds is 8. The van der Waals surface area contributed by atoms with Gasteiger partial charge in [-0.25, -0.2) is 14.4 Å². The van der Waals surface area contributed by atoms with Gasteiger partial charge in [-0.05, 0) is 38.3 Å². The normalized spacial score (nSPS) is 13.4. The Labute approximate surface area is 180 Å². The molecule has 0 aliphatic heterocycles. The zero-order chi connectivity index (χ0) is 22.9. The first-order valence-electron chi connectivity index (χ1n) is 10.2. The molecule has 0 aliphatic rings. The van der Waals surface area contributed by atoms with Gasteiger partial charge in [0.15, 0.2) is 17.3 Å². The van der Waals surface area contributed by atoms with Crippen LogP contribution in [0.25, 0.3) is 11.0 Å². The van der Waals surface area contributed by atoms with Crippen molar-refractivity contribution in [1.82, 2.24) is 19.7 Å². The number of fused-ring (bicyclic) bond motifs is 1. The molecule has 3 rings (SSSR count). The van der Waals surface area contributed by atoms with Crippen molar-refractivity contribution in [3.63, 3.8) is 0 Å². The molecular weight excluding hydrogens is 399 g/mol. The number of carbonyl (C=O) groups is 1. The van der Waals surface area contributed by atoms with Gasteiger partial charge in [-0.3, -0.25) is 9.48 Å². The van der Waals surface area contributed by atoms with Gasteiger partial charge < -0.3 is 22.1 Å². The molecule has 3 heterocycles. The van der Waals surface area contributed by atoms with Gasteiger partial charge in [-0.15, -0.1) is 0 Å². The van der Waals surface area contributed by atoms with Crippen LogP contribution in [0.1, 0.15) is 43.2 Å². The summed E-state index contributed by atoms with van der Waals surface area (Å²) in [6.45, 7) is 7.86. The fraction of sp³-hybridized carbons (Fsp3) is 0.429. The van der Waals surface area contributed by atoms with Crippen LogP contribution in [0, 0.1) is 18.7 Å². The Morgan fingerprint density at radius 3 is 2.58 bits per heavy atom. The molecule has 3 aromatic rings. The number of nitrogens with one attached hydrogen (secondary N) is 2. The summed E-state index contributed by atoms with van der Waals surface area (Å²) in [6, 6.07) is 2.51. The van der Waals surface area contributed by atoms with Crippen LogP contribution in [0.4, 0.5) is 21.7 Å². The van der Waals surface area contributed by atoms with Crippen molar-refractivity contribution < 1.29 is 9.18 Å². The van der Waals surface area contributed by atoms with Crippen LogP contribution in [0.3, 0.4) is 0 Å². The lowest BCUT2D eigenvalue weighted by atomic mass is 9.99. The number of amides is 1. The molecule has 3 aromatic heterocycles. The van der Waals surface area contributed by atoms with Crippen molar-refractivity contribution in [2.24, 2.45) is 24.4 Å². The van der Waals surface area contributed by atoms with Crippen molar-refractivity contribution >= 4 is 34.3 Å². The minimum atomic E-state index is -0.794. The van der Waals surface area contributed by atoms with Crippen LogP contribution in [-0.2, 0) is 7.05 Å². The third kappa shape index (κ3) is 4.91. The minimum Gasteiger partial charge on any atom is -0.365 e. The summed E-state index contributed by atoms with van der Waals surface area (Å²) >= 11 is 0. The van der Waals surface area contributed by atoms with Crippen molar-refractivity contribution in [1.29, 1.82) is 0 Å². The monoisotopic (exact) mass is 428 g/mol. The van der Waals surface area contributed by atoms with Gasteiger partial charge in [0.25, 0.3) is 5.91 Å². The summed E-state index contributed by atoms with van der Waals surface area (Å²) in [6.07, 6.45) is 2.33. The van der Waals surface area contributed by atoms with Gasteiger partial charge in [-0.2, -0.15) is 5.10 Å². The topological polar surface area (TPSA) is 137 Å². The minimum absolute atomic E-state index is 0.00189. The lowest BCUT2D eigenvalue weighted by molar-refractivity contribution is 0.100. The first kappa shape index (κ1) is 22.4. The van der Waals surface area contributed by atoms with E-state index in [0.29, 0.717) is 11.6 Å². The van der Waals surface area contributed by atoms with E-state index in [2.05, 4.69) is 39.5 Å². The standard InChI is InChI=1S/C21H29FN8O/c1-10(2)6-17(11(3)23)27-20-16(22)8-15(18(24)31)19(28-20)26-13-7-14-12(4)29-30(5)21(14)25-9-13/h7-11,17H,6,23H2,1-5H3,(H2,24,31)(H2,26,27,28)/t11-,17+/m0/s1. The van der Waals surface area contributed by atoms with Crippen LogP contribution in [0.15, 0.2) is 18.3 Å². The molecule has 9 nitrogen and oxygen atoms in total. The molecule has 0 spiro atoms. The van der Waals surface area contributed by atoms with Gasteiger partial charge in [0.1, 0.15) is 5.82 Å². The zero-order valence-corrected chi connectivity index (χ0v) is 18.4. The molecule has 0 bridgehead atoms. The van der Waals surface area contributed by atoms with Crippen LogP contribution < -0.4 is 22.1 Å². The summed E-state index contributed by atoms with van der Waals surface area (Å²) in [4.78, 5) is 20.7. The number of pyridine rings is 2. The maximum Gasteiger partial charge on any atom is 0.252 e. The molecule has 0 aliphatic carbocycles. The molecule has 0 radical (unpaired) electrons. The number of aromatic nitrogens is 4. The highest BCUT2D eigenvalue weighted by atomic mass is 19.1. The smallest absolute Gasteiger partial charge is 0.252 e. The molecule has 0 fully saturated rings. The van der Waals surface area contributed by atoms with E-state index in [0.717, 1.165) is 29.2 Å². The molecule has 0 saturated carbocycles. The molecule has 0 unspecified atom stereocenters. The molecule has 0 aromatic carbocycles.